The van der Waals surface area contributed by atoms with Gasteiger partial charge in [-0.3, -0.25) is 4.90 Å². The average Bonchev–Trinajstić information content (AvgIpc) is 3.08. The molecular formula is C21H27N5O2. The number of nitrogens with zero attached hydrogens (tertiary/aromatic N) is 4. The highest BCUT2D eigenvalue weighted by molar-refractivity contribution is 5.48. The Labute approximate surface area is 165 Å². The van der Waals surface area contributed by atoms with Gasteiger partial charge in [0.1, 0.15) is 17.3 Å². The fourth-order valence-corrected chi connectivity index (χ4v) is 4.00. The van der Waals surface area contributed by atoms with Crippen molar-refractivity contribution in [3.8, 4) is 11.5 Å². The molecule has 0 amide bonds. The number of nitrogens with two attached hydrogens (primary N) is 1. The number of nitrogen functional groups attached to an aromatic ring is 1. The van der Waals surface area contributed by atoms with Crippen LogP contribution in [0.3, 0.4) is 0 Å². The van der Waals surface area contributed by atoms with E-state index in [1.165, 1.54) is 5.56 Å². The van der Waals surface area contributed by atoms with Crippen LogP contribution in [-0.4, -0.2) is 46.8 Å². The number of piperidine rings is 1. The van der Waals surface area contributed by atoms with Crippen molar-refractivity contribution in [3.63, 3.8) is 0 Å². The van der Waals surface area contributed by atoms with Gasteiger partial charge in [0.05, 0.1) is 25.6 Å². The smallest absolute Gasteiger partial charge is 0.157 e. The lowest BCUT2D eigenvalue weighted by atomic mass is 9.94. The number of aromatic nitrogens is 3. The molecule has 148 valence electrons. The number of fused-ring (bicyclic) bond motifs is 1. The molecule has 1 aliphatic rings. The Hall–Kier alpha value is -2.80. The van der Waals surface area contributed by atoms with Crippen molar-refractivity contribution in [2.75, 3.05) is 33.0 Å². The van der Waals surface area contributed by atoms with Crippen LogP contribution >= 0.6 is 0 Å². The van der Waals surface area contributed by atoms with Crippen molar-refractivity contribution in [1.82, 2.24) is 19.5 Å². The minimum absolute atomic E-state index is 0.365. The summed E-state index contributed by atoms with van der Waals surface area (Å²) in [6.45, 7) is 4.83. The summed E-state index contributed by atoms with van der Waals surface area (Å²) in [4.78, 5) is 7.29. The van der Waals surface area contributed by atoms with E-state index in [4.69, 9.17) is 20.2 Å². The van der Waals surface area contributed by atoms with Crippen LogP contribution in [0, 0.1) is 6.92 Å². The summed E-state index contributed by atoms with van der Waals surface area (Å²) < 4.78 is 12.5. The maximum atomic E-state index is 6.22. The van der Waals surface area contributed by atoms with Crippen LogP contribution in [0.5, 0.6) is 11.5 Å². The van der Waals surface area contributed by atoms with Gasteiger partial charge < -0.3 is 15.2 Å². The summed E-state index contributed by atoms with van der Waals surface area (Å²) in [5.74, 6) is 2.64. The minimum atomic E-state index is 0.365. The molecule has 4 rings (SSSR count). The number of hydrogen-bond acceptors (Lipinski definition) is 6. The summed E-state index contributed by atoms with van der Waals surface area (Å²) in [7, 11) is 3.36. The van der Waals surface area contributed by atoms with Crippen LogP contribution in [0.15, 0.2) is 30.3 Å². The summed E-state index contributed by atoms with van der Waals surface area (Å²) in [6.07, 6.45) is 2.25. The first-order valence-electron chi connectivity index (χ1n) is 9.63. The Kier molecular flexibility index (Phi) is 5.09. The van der Waals surface area contributed by atoms with Gasteiger partial charge in [0, 0.05) is 37.2 Å². The molecule has 3 aromatic rings. The zero-order valence-electron chi connectivity index (χ0n) is 16.7. The molecule has 1 atom stereocenters. The monoisotopic (exact) mass is 381 g/mol. The Morgan fingerprint density at radius 1 is 1.11 bits per heavy atom. The molecule has 1 saturated heterocycles. The molecule has 1 aliphatic heterocycles. The molecule has 0 bridgehead atoms. The van der Waals surface area contributed by atoms with E-state index in [2.05, 4.69) is 22.1 Å². The number of hydrogen-bond donors (Lipinski definition) is 1. The zero-order valence-corrected chi connectivity index (χ0v) is 16.7. The second kappa shape index (κ2) is 7.67. The number of likely N-dealkylation sites (tertiary alicyclic amines) is 1. The minimum Gasteiger partial charge on any atom is -0.497 e. The molecule has 0 saturated carbocycles. The Morgan fingerprint density at radius 2 is 1.86 bits per heavy atom. The number of aryl methyl sites for hydroxylation is 1. The van der Waals surface area contributed by atoms with Gasteiger partial charge in [-0.1, -0.05) is 0 Å². The van der Waals surface area contributed by atoms with Crippen LogP contribution in [0.1, 0.15) is 35.7 Å². The lowest BCUT2D eigenvalue weighted by molar-refractivity contribution is 0.198. The van der Waals surface area contributed by atoms with Crippen LogP contribution in [0.2, 0.25) is 0 Å². The van der Waals surface area contributed by atoms with E-state index in [9.17, 15) is 0 Å². The third-order valence-electron chi connectivity index (χ3n) is 5.34. The van der Waals surface area contributed by atoms with Crippen molar-refractivity contribution in [1.29, 1.82) is 0 Å². The molecule has 2 N–H and O–H groups in total. The van der Waals surface area contributed by atoms with Gasteiger partial charge in [0.15, 0.2) is 5.65 Å². The molecule has 1 unspecified atom stereocenters. The normalized spacial score (nSPS) is 17.8. The van der Waals surface area contributed by atoms with Gasteiger partial charge in [-0.2, -0.15) is 9.61 Å². The lowest BCUT2D eigenvalue weighted by Crippen LogP contribution is -2.34. The lowest BCUT2D eigenvalue weighted by Gasteiger charge is -2.32. The largest absolute Gasteiger partial charge is 0.497 e. The Balaban J connectivity index is 1.53. The molecule has 7 heteroatoms. The van der Waals surface area contributed by atoms with E-state index < -0.39 is 0 Å². The van der Waals surface area contributed by atoms with Gasteiger partial charge >= 0.3 is 0 Å². The van der Waals surface area contributed by atoms with Crippen LogP contribution < -0.4 is 15.2 Å². The van der Waals surface area contributed by atoms with Gasteiger partial charge in [-0.05, 0) is 44.0 Å². The zero-order chi connectivity index (χ0) is 19.7. The first-order chi connectivity index (χ1) is 13.6. The van der Waals surface area contributed by atoms with Crippen LogP contribution in [-0.2, 0) is 6.54 Å². The van der Waals surface area contributed by atoms with Crippen molar-refractivity contribution in [3.05, 3.63) is 47.3 Å². The third-order valence-corrected chi connectivity index (χ3v) is 5.34. The SMILES string of the molecule is COc1cc(CN2CCCC(c3cc(N)n4nc(C)cc4n3)C2)cc(OC)c1. The maximum Gasteiger partial charge on any atom is 0.157 e. The molecule has 3 heterocycles. The molecular weight excluding hydrogens is 354 g/mol. The number of benzene rings is 1. The van der Waals surface area contributed by atoms with Crippen LogP contribution in [0.25, 0.3) is 5.65 Å². The van der Waals surface area contributed by atoms with Gasteiger partial charge in [0.2, 0.25) is 0 Å². The summed E-state index contributed by atoms with van der Waals surface area (Å²) in [6, 6.07) is 10.00. The van der Waals surface area contributed by atoms with Crippen molar-refractivity contribution in [2.45, 2.75) is 32.2 Å². The highest BCUT2D eigenvalue weighted by Gasteiger charge is 2.24. The van der Waals surface area contributed by atoms with Gasteiger partial charge in [-0.15, -0.1) is 0 Å². The summed E-state index contributed by atoms with van der Waals surface area (Å²) in [5.41, 5.74) is 10.2. The predicted molar refractivity (Wildman–Crippen MR) is 109 cm³/mol. The number of anilines is 1. The molecule has 28 heavy (non-hydrogen) atoms. The molecule has 2 aromatic heterocycles. The highest BCUT2D eigenvalue weighted by atomic mass is 16.5. The second-order valence-electron chi connectivity index (χ2n) is 7.46. The summed E-state index contributed by atoms with van der Waals surface area (Å²) >= 11 is 0. The molecule has 1 aromatic carbocycles. The number of rotatable bonds is 5. The first kappa shape index (κ1) is 18.6. The number of methoxy groups -OCH3 is 2. The molecule has 0 aliphatic carbocycles. The van der Waals surface area contributed by atoms with Crippen molar-refractivity contribution in [2.24, 2.45) is 0 Å². The molecule has 7 nitrogen and oxygen atoms in total. The average molecular weight is 381 g/mol. The molecule has 0 radical (unpaired) electrons. The molecule has 0 spiro atoms. The second-order valence-corrected chi connectivity index (χ2v) is 7.46. The van der Waals surface area contributed by atoms with Gasteiger partial charge in [-0.25, -0.2) is 4.98 Å². The predicted octanol–water partition coefficient (Wildman–Crippen LogP) is 3.02. The van der Waals surface area contributed by atoms with E-state index in [1.807, 2.05) is 25.1 Å². The third kappa shape index (κ3) is 3.75. The highest BCUT2D eigenvalue weighted by Crippen LogP contribution is 2.30. The summed E-state index contributed by atoms with van der Waals surface area (Å²) in [5, 5.41) is 4.40. The van der Waals surface area contributed by atoms with E-state index in [-0.39, 0.29) is 0 Å². The quantitative estimate of drug-likeness (QED) is 0.732. The van der Waals surface area contributed by atoms with E-state index in [0.29, 0.717) is 11.7 Å². The Morgan fingerprint density at radius 3 is 2.57 bits per heavy atom. The van der Waals surface area contributed by atoms with Crippen LogP contribution in [0.4, 0.5) is 5.82 Å². The maximum absolute atomic E-state index is 6.22. The standard InChI is InChI=1S/C21H27N5O2/c1-14-7-21-23-19(11-20(22)26(21)24-14)16-5-4-6-25(13-16)12-15-8-17(27-2)10-18(9-15)28-3/h7-11,16H,4-6,12-13,22H2,1-3H3. The van der Waals surface area contributed by atoms with E-state index in [0.717, 1.165) is 61.0 Å². The van der Waals surface area contributed by atoms with Gasteiger partial charge in [0.25, 0.3) is 0 Å². The fourth-order valence-electron chi connectivity index (χ4n) is 4.00. The van der Waals surface area contributed by atoms with Crippen molar-refractivity contribution < 1.29 is 9.47 Å². The first-order valence-corrected chi connectivity index (χ1v) is 9.63. The topological polar surface area (TPSA) is 77.9 Å². The fraction of sp³-hybridized carbons (Fsp3) is 0.429. The number of ether oxygens (including phenoxy) is 2. The van der Waals surface area contributed by atoms with Crippen molar-refractivity contribution >= 4 is 11.5 Å². The van der Waals surface area contributed by atoms with E-state index in [1.54, 1.807) is 18.7 Å². The molecule has 1 fully saturated rings. The Bertz CT molecular complexity index is 962. The van der Waals surface area contributed by atoms with E-state index >= 15 is 0 Å².